The largest absolute Gasteiger partial charge is 0.508 e. The third-order valence-electron chi connectivity index (χ3n) is 1.32. The molecule has 0 radical (unpaired) electrons. The van der Waals surface area contributed by atoms with E-state index < -0.39 is 0 Å². The van der Waals surface area contributed by atoms with Crippen molar-refractivity contribution in [2.75, 3.05) is 5.75 Å². The lowest BCUT2D eigenvalue weighted by molar-refractivity contribution is 0.411. The number of hydrogen-bond acceptors (Lipinski definition) is 4. The molecule has 3 nitrogen and oxygen atoms in total. The molecule has 12 heavy (non-hydrogen) atoms. The van der Waals surface area contributed by atoms with Crippen molar-refractivity contribution >= 4 is 11.8 Å². The van der Waals surface area contributed by atoms with Crippen molar-refractivity contribution in [3.8, 4) is 17.2 Å². The molecule has 0 saturated heterocycles. The Hall–Kier alpha value is -1.03. The fourth-order valence-corrected chi connectivity index (χ4v) is 1.58. The van der Waals surface area contributed by atoms with Gasteiger partial charge in [0.2, 0.25) is 0 Å². The summed E-state index contributed by atoms with van der Waals surface area (Å²) in [5.41, 5.74) is 0. The minimum atomic E-state index is -0.134. The standard InChI is InChI=1S/C8H10O3S/c1-2-12-8-6(10)3-5(9)4-7(8)11/h3-4,9-11H,2H2,1H3. The molecule has 3 N–H and O–H groups in total. The van der Waals surface area contributed by atoms with Crippen LogP contribution in [-0.4, -0.2) is 21.1 Å². The van der Waals surface area contributed by atoms with Crippen LogP contribution < -0.4 is 0 Å². The van der Waals surface area contributed by atoms with E-state index in [9.17, 15) is 10.2 Å². The highest BCUT2D eigenvalue weighted by Crippen LogP contribution is 2.39. The summed E-state index contributed by atoms with van der Waals surface area (Å²) in [5, 5.41) is 27.5. The summed E-state index contributed by atoms with van der Waals surface area (Å²) >= 11 is 1.33. The minimum absolute atomic E-state index is 0.0839. The molecule has 0 amide bonds. The SMILES string of the molecule is CCSc1c(O)cc(O)cc1O. The van der Waals surface area contributed by atoms with Crippen LogP contribution in [0.15, 0.2) is 17.0 Å². The highest BCUT2D eigenvalue weighted by atomic mass is 32.2. The van der Waals surface area contributed by atoms with E-state index in [0.717, 1.165) is 5.75 Å². The van der Waals surface area contributed by atoms with Crippen LogP contribution in [0.3, 0.4) is 0 Å². The van der Waals surface area contributed by atoms with Gasteiger partial charge in [-0.2, -0.15) is 0 Å². The van der Waals surface area contributed by atoms with Crippen molar-refractivity contribution in [1.82, 2.24) is 0 Å². The number of phenols is 3. The van der Waals surface area contributed by atoms with Crippen LogP contribution in [0.25, 0.3) is 0 Å². The first-order chi connectivity index (χ1) is 5.65. The molecule has 0 unspecified atom stereocenters. The van der Waals surface area contributed by atoms with Crippen LogP contribution >= 0.6 is 11.8 Å². The minimum Gasteiger partial charge on any atom is -0.508 e. The van der Waals surface area contributed by atoms with E-state index in [0.29, 0.717) is 4.90 Å². The van der Waals surface area contributed by atoms with Crippen LogP contribution in [0.4, 0.5) is 0 Å². The first-order valence-corrected chi connectivity index (χ1v) is 4.51. The van der Waals surface area contributed by atoms with Gasteiger partial charge in [-0.25, -0.2) is 0 Å². The molecule has 0 heterocycles. The lowest BCUT2D eigenvalue weighted by atomic mass is 10.3. The molecule has 66 valence electrons. The van der Waals surface area contributed by atoms with Crippen LogP contribution in [0, 0.1) is 0 Å². The summed E-state index contributed by atoms with van der Waals surface area (Å²) in [6.45, 7) is 1.91. The van der Waals surface area contributed by atoms with Crippen LogP contribution in [0.2, 0.25) is 0 Å². The predicted octanol–water partition coefficient (Wildman–Crippen LogP) is 1.92. The van der Waals surface area contributed by atoms with Gasteiger partial charge in [0.25, 0.3) is 0 Å². The second-order valence-electron chi connectivity index (χ2n) is 2.25. The Morgan fingerprint density at radius 1 is 1.17 bits per heavy atom. The summed E-state index contributed by atoms with van der Waals surface area (Å²) in [4.78, 5) is 0.412. The molecule has 1 rings (SSSR count). The van der Waals surface area contributed by atoms with Crippen molar-refractivity contribution < 1.29 is 15.3 Å². The molecule has 0 fully saturated rings. The Balaban J connectivity index is 3.10. The van der Waals surface area contributed by atoms with Crippen molar-refractivity contribution in [2.24, 2.45) is 0 Å². The maximum atomic E-state index is 9.26. The third-order valence-corrected chi connectivity index (χ3v) is 2.32. The number of rotatable bonds is 2. The Kier molecular flexibility index (Phi) is 2.70. The molecule has 0 aliphatic carbocycles. The zero-order chi connectivity index (χ0) is 9.14. The Morgan fingerprint density at radius 2 is 1.67 bits per heavy atom. The number of hydrogen-bond donors (Lipinski definition) is 3. The zero-order valence-corrected chi connectivity index (χ0v) is 7.43. The van der Waals surface area contributed by atoms with Gasteiger partial charge in [0.1, 0.15) is 17.2 Å². The Morgan fingerprint density at radius 3 is 2.08 bits per heavy atom. The summed E-state index contributed by atoms with van der Waals surface area (Å²) < 4.78 is 0. The van der Waals surface area contributed by atoms with Gasteiger partial charge in [0.15, 0.2) is 0 Å². The van der Waals surface area contributed by atoms with Gasteiger partial charge in [-0.1, -0.05) is 6.92 Å². The maximum Gasteiger partial charge on any atom is 0.136 e. The van der Waals surface area contributed by atoms with Gasteiger partial charge in [-0.15, -0.1) is 11.8 Å². The monoisotopic (exact) mass is 186 g/mol. The van der Waals surface area contributed by atoms with E-state index >= 15 is 0 Å². The molecular weight excluding hydrogens is 176 g/mol. The van der Waals surface area contributed by atoms with Crippen molar-refractivity contribution in [1.29, 1.82) is 0 Å². The van der Waals surface area contributed by atoms with Crippen LogP contribution in [-0.2, 0) is 0 Å². The maximum absolute atomic E-state index is 9.26. The van der Waals surface area contributed by atoms with Crippen molar-refractivity contribution in [3.05, 3.63) is 12.1 Å². The summed E-state index contributed by atoms with van der Waals surface area (Å²) in [6, 6.07) is 2.41. The summed E-state index contributed by atoms with van der Waals surface area (Å²) in [5.74, 6) is 0.454. The van der Waals surface area contributed by atoms with E-state index in [1.807, 2.05) is 6.92 Å². The van der Waals surface area contributed by atoms with Crippen molar-refractivity contribution in [2.45, 2.75) is 11.8 Å². The molecular formula is C8H10O3S. The quantitative estimate of drug-likeness (QED) is 0.617. The molecule has 0 aromatic heterocycles. The fourth-order valence-electron chi connectivity index (χ4n) is 0.876. The number of thioether (sulfide) groups is 1. The second kappa shape index (κ2) is 3.58. The van der Waals surface area contributed by atoms with Crippen LogP contribution in [0.1, 0.15) is 6.92 Å². The molecule has 0 spiro atoms. The first-order valence-electron chi connectivity index (χ1n) is 3.53. The lowest BCUT2D eigenvalue weighted by Crippen LogP contribution is -1.77. The highest BCUT2D eigenvalue weighted by Gasteiger charge is 2.08. The summed E-state index contributed by atoms with van der Waals surface area (Å²) in [6.07, 6.45) is 0. The van der Waals surface area contributed by atoms with E-state index in [1.54, 1.807) is 0 Å². The van der Waals surface area contributed by atoms with Gasteiger partial charge >= 0.3 is 0 Å². The molecule has 0 aliphatic rings. The molecule has 0 atom stereocenters. The third kappa shape index (κ3) is 1.76. The van der Waals surface area contributed by atoms with Crippen molar-refractivity contribution in [3.63, 3.8) is 0 Å². The summed E-state index contributed by atoms with van der Waals surface area (Å²) in [7, 11) is 0. The van der Waals surface area contributed by atoms with Gasteiger partial charge in [0, 0.05) is 12.1 Å². The van der Waals surface area contributed by atoms with E-state index in [4.69, 9.17) is 5.11 Å². The fraction of sp³-hybridized carbons (Fsp3) is 0.250. The zero-order valence-electron chi connectivity index (χ0n) is 6.61. The number of phenolic OH excluding ortho intramolecular Hbond substituents is 3. The van der Waals surface area contributed by atoms with E-state index in [1.165, 1.54) is 23.9 Å². The molecule has 0 saturated carbocycles. The average Bonchev–Trinajstić information content (AvgIpc) is 1.96. The molecule has 4 heteroatoms. The average molecular weight is 186 g/mol. The highest BCUT2D eigenvalue weighted by molar-refractivity contribution is 7.99. The molecule has 1 aromatic rings. The van der Waals surface area contributed by atoms with Crippen LogP contribution in [0.5, 0.6) is 17.2 Å². The van der Waals surface area contributed by atoms with E-state index in [2.05, 4.69) is 0 Å². The normalized spacial score (nSPS) is 10.1. The molecule has 1 aromatic carbocycles. The number of aromatic hydroxyl groups is 3. The van der Waals surface area contributed by atoms with Gasteiger partial charge in [0.05, 0.1) is 4.90 Å². The van der Waals surface area contributed by atoms with Gasteiger partial charge in [-0.05, 0) is 5.75 Å². The first kappa shape index (κ1) is 9.06. The number of benzene rings is 1. The Bertz CT molecular complexity index is 263. The lowest BCUT2D eigenvalue weighted by Gasteiger charge is -2.05. The Labute approximate surface area is 74.7 Å². The van der Waals surface area contributed by atoms with Gasteiger partial charge < -0.3 is 15.3 Å². The smallest absolute Gasteiger partial charge is 0.136 e. The van der Waals surface area contributed by atoms with E-state index in [-0.39, 0.29) is 17.2 Å². The molecule has 0 bridgehead atoms. The van der Waals surface area contributed by atoms with Gasteiger partial charge in [-0.3, -0.25) is 0 Å². The second-order valence-corrected chi connectivity index (χ2v) is 3.52. The molecule has 0 aliphatic heterocycles. The topological polar surface area (TPSA) is 60.7 Å². The predicted molar refractivity (Wildman–Crippen MR) is 47.8 cm³/mol.